The Morgan fingerprint density at radius 2 is 2.00 bits per heavy atom. The fraction of sp³-hybridized carbons (Fsp3) is 0.929. The Hall–Kier alpha value is -0.570. The topological polar surface area (TPSA) is 41.1 Å². The molecule has 1 aliphatic heterocycles. The van der Waals surface area contributed by atoms with Gasteiger partial charge < -0.3 is 10.6 Å². The lowest BCUT2D eigenvalue weighted by atomic mass is 10.1. The summed E-state index contributed by atoms with van der Waals surface area (Å²) in [5.41, 5.74) is 0. The summed E-state index contributed by atoms with van der Waals surface area (Å²) in [4.78, 5) is 11.6. The second kappa shape index (κ2) is 9.46. The van der Waals surface area contributed by atoms with E-state index in [1.807, 2.05) is 0 Å². The molecule has 0 bridgehead atoms. The van der Waals surface area contributed by atoms with Crippen molar-refractivity contribution in [1.82, 2.24) is 10.6 Å². The van der Waals surface area contributed by atoms with Gasteiger partial charge in [-0.3, -0.25) is 4.79 Å². The minimum absolute atomic E-state index is 0.220. The maximum absolute atomic E-state index is 11.6. The Balaban J connectivity index is 1.86. The van der Waals surface area contributed by atoms with E-state index in [1.165, 1.54) is 38.5 Å². The van der Waals surface area contributed by atoms with Gasteiger partial charge in [0.2, 0.25) is 5.91 Å². The molecule has 0 aromatic rings. The molecule has 1 aliphatic rings. The molecule has 1 fully saturated rings. The highest BCUT2D eigenvalue weighted by atomic mass is 16.1. The third kappa shape index (κ3) is 7.37. The van der Waals surface area contributed by atoms with Gasteiger partial charge in [0.15, 0.2) is 0 Å². The summed E-state index contributed by atoms with van der Waals surface area (Å²) >= 11 is 0. The Kier molecular flexibility index (Phi) is 8.06. The lowest BCUT2D eigenvalue weighted by Crippen LogP contribution is -2.32. The predicted molar refractivity (Wildman–Crippen MR) is 72.0 cm³/mol. The highest BCUT2D eigenvalue weighted by molar-refractivity contribution is 5.76. The van der Waals surface area contributed by atoms with E-state index in [1.54, 1.807) is 0 Å². The van der Waals surface area contributed by atoms with Crippen LogP contribution in [0.4, 0.5) is 0 Å². The van der Waals surface area contributed by atoms with Crippen molar-refractivity contribution in [3.63, 3.8) is 0 Å². The number of unbranched alkanes of at least 4 members (excludes halogenated alkanes) is 5. The first-order valence-electron chi connectivity index (χ1n) is 7.33. The van der Waals surface area contributed by atoms with E-state index in [0.717, 1.165) is 25.9 Å². The van der Waals surface area contributed by atoms with E-state index in [9.17, 15) is 4.79 Å². The van der Waals surface area contributed by atoms with Gasteiger partial charge in [-0.2, -0.15) is 0 Å². The van der Waals surface area contributed by atoms with Crippen molar-refractivity contribution in [3.05, 3.63) is 0 Å². The number of rotatable bonds is 9. The Morgan fingerprint density at radius 1 is 1.24 bits per heavy atom. The first kappa shape index (κ1) is 14.5. The summed E-state index contributed by atoms with van der Waals surface area (Å²) < 4.78 is 0. The number of nitrogens with one attached hydrogen (secondary N) is 2. The zero-order valence-corrected chi connectivity index (χ0v) is 11.3. The van der Waals surface area contributed by atoms with Gasteiger partial charge in [-0.1, -0.05) is 39.0 Å². The summed E-state index contributed by atoms with van der Waals surface area (Å²) in [5.74, 6) is 0.220. The monoisotopic (exact) mass is 240 g/mol. The SMILES string of the molecule is CCCCCCCCNC(=O)CC1CCCN1. The van der Waals surface area contributed by atoms with Crippen LogP contribution in [0.3, 0.4) is 0 Å². The van der Waals surface area contributed by atoms with Crippen molar-refractivity contribution < 1.29 is 4.79 Å². The third-order valence-electron chi connectivity index (χ3n) is 3.45. The molecule has 3 heteroatoms. The van der Waals surface area contributed by atoms with Crippen LogP contribution >= 0.6 is 0 Å². The Bertz CT molecular complexity index is 200. The molecule has 2 N–H and O–H groups in total. The fourth-order valence-corrected chi connectivity index (χ4v) is 2.36. The normalized spacial score (nSPS) is 19.5. The predicted octanol–water partition coefficient (Wildman–Crippen LogP) is 2.61. The molecule has 17 heavy (non-hydrogen) atoms. The largest absolute Gasteiger partial charge is 0.356 e. The minimum atomic E-state index is 0.220. The van der Waals surface area contributed by atoms with Crippen LogP contribution in [0.2, 0.25) is 0 Å². The van der Waals surface area contributed by atoms with E-state index in [0.29, 0.717) is 12.5 Å². The molecule has 0 spiro atoms. The van der Waals surface area contributed by atoms with Gasteiger partial charge in [-0.05, 0) is 25.8 Å². The quantitative estimate of drug-likeness (QED) is 0.608. The van der Waals surface area contributed by atoms with Gasteiger partial charge in [-0.15, -0.1) is 0 Å². The standard InChI is InChI=1S/C14H28N2O/c1-2-3-4-5-6-7-10-16-14(17)12-13-9-8-11-15-13/h13,15H,2-12H2,1H3,(H,16,17). The molecule has 3 nitrogen and oxygen atoms in total. The third-order valence-corrected chi connectivity index (χ3v) is 3.45. The summed E-state index contributed by atoms with van der Waals surface area (Å²) in [6.07, 6.45) is 10.7. The summed E-state index contributed by atoms with van der Waals surface area (Å²) in [6.45, 7) is 4.17. The van der Waals surface area contributed by atoms with Crippen LogP contribution in [0.5, 0.6) is 0 Å². The van der Waals surface area contributed by atoms with Gasteiger partial charge in [0, 0.05) is 19.0 Å². The molecule has 0 aliphatic carbocycles. The number of hydrogen-bond acceptors (Lipinski definition) is 2. The van der Waals surface area contributed by atoms with E-state index in [2.05, 4.69) is 17.6 Å². The zero-order valence-electron chi connectivity index (χ0n) is 11.3. The molecular weight excluding hydrogens is 212 g/mol. The lowest BCUT2D eigenvalue weighted by Gasteiger charge is -2.10. The van der Waals surface area contributed by atoms with Crippen molar-refractivity contribution >= 4 is 5.91 Å². The summed E-state index contributed by atoms with van der Waals surface area (Å²) in [5, 5.41) is 6.37. The van der Waals surface area contributed by atoms with Gasteiger partial charge in [0.25, 0.3) is 0 Å². The second-order valence-electron chi connectivity index (χ2n) is 5.12. The van der Waals surface area contributed by atoms with Crippen LogP contribution in [0.15, 0.2) is 0 Å². The van der Waals surface area contributed by atoms with E-state index < -0.39 is 0 Å². The minimum Gasteiger partial charge on any atom is -0.356 e. The number of hydrogen-bond donors (Lipinski definition) is 2. The van der Waals surface area contributed by atoms with Gasteiger partial charge in [0.05, 0.1) is 0 Å². The number of carbonyl (C=O) groups is 1. The van der Waals surface area contributed by atoms with Crippen molar-refractivity contribution in [2.45, 2.75) is 70.8 Å². The van der Waals surface area contributed by atoms with Crippen LogP contribution in [-0.4, -0.2) is 25.0 Å². The van der Waals surface area contributed by atoms with Crippen molar-refractivity contribution in [2.75, 3.05) is 13.1 Å². The molecule has 0 aromatic carbocycles. The number of carbonyl (C=O) groups excluding carboxylic acids is 1. The van der Waals surface area contributed by atoms with Crippen molar-refractivity contribution in [1.29, 1.82) is 0 Å². The lowest BCUT2D eigenvalue weighted by molar-refractivity contribution is -0.121. The summed E-state index contributed by atoms with van der Waals surface area (Å²) in [6, 6.07) is 0.430. The van der Waals surface area contributed by atoms with Crippen molar-refractivity contribution in [3.8, 4) is 0 Å². The smallest absolute Gasteiger partial charge is 0.221 e. The van der Waals surface area contributed by atoms with Gasteiger partial charge in [0.1, 0.15) is 0 Å². The zero-order chi connectivity index (χ0) is 12.3. The molecule has 1 heterocycles. The molecule has 1 amide bonds. The molecule has 1 atom stereocenters. The highest BCUT2D eigenvalue weighted by Crippen LogP contribution is 2.08. The average Bonchev–Trinajstić information content (AvgIpc) is 2.80. The molecule has 100 valence electrons. The average molecular weight is 240 g/mol. The molecule has 1 unspecified atom stereocenters. The van der Waals surface area contributed by atoms with Crippen LogP contribution in [0.25, 0.3) is 0 Å². The first-order chi connectivity index (χ1) is 8.33. The molecule has 1 rings (SSSR count). The Labute approximate surface area is 106 Å². The van der Waals surface area contributed by atoms with Crippen LogP contribution in [0.1, 0.15) is 64.7 Å². The van der Waals surface area contributed by atoms with Crippen LogP contribution < -0.4 is 10.6 Å². The van der Waals surface area contributed by atoms with Gasteiger partial charge >= 0.3 is 0 Å². The molecular formula is C14H28N2O. The summed E-state index contributed by atoms with van der Waals surface area (Å²) in [7, 11) is 0. The van der Waals surface area contributed by atoms with Crippen molar-refractivity contribution in [2.24, 2.45) is 0 Å². The first-order valence-corrected chi connectivity index (χ1v) is 7.33. The molecule has 0 aromatic heterocycles. The molecule has 1 saturated heterocycles. The van der Waals surface area contributed by atoms with Gasteiger partial charge in [-0.25, -0.2) is 0 Å². The van der Waals surface area contributed by atoms with Crippen LogP contribution in [-0.2, 0) is 4.79 Å². The highest BCUT2D eigenvalue weighted by Gasteiger charge is 2.16. The van der Waals surface area contributed by atoms with Crippen LogP contribution in [0, 0.1) is 0 Å². The van der Waals surface area contributed by atoms with E-state index in [-0.39, 0.29) is 5.91 Å². The number of amides is 1. The maximum atomic E-state index is 11.6. The Morgan fingerprint density at radius 3 is 2.71 bits per heavy atom. The maximum Gasteiger partial charge on any atom is 0.221 e. The van der Waals surface area contributed by atoms with E-state index >= 15 is 0 Å². The van der Waals surface area contributed by atoms with E-state index in [4.69, 9.17) is 0 Å². The molecule has 0 radical (unpaired) electrons. The fourth-order valence-electron chi connectivity index (χ4n) is 2.36. The second-order valence-corrected chi connectivity index (χ2v) is 5.12. The molecule has 0 saturated carbocycles.